The third-order valence-electron chi connectivity index (χ3n) is 4.36. The van der Waals surface area contributed by atoms with E-state index in [1.165, 1.54) is 6.42 Å². The fraction of sp³-hybridized carbons (Fsp3) is 0.500. The van der Waals surface area contributed by atoms with Crippen LogP contribution in [0.4, 0.5) is 0 Å². The normalized spacial score (nSPS) is 18.7. The lowest BCUT2D eigenvalue weighted by molar-refractivity contribution is 0.0652. The molecule has 1 aliphatic rings. The van der Waals surface area contributed by atoms with Gasteiger partial charge in [-0.15, -0.1) is 0 Å². The Kier molecular flexibility index (Phi) is 4.10. The first-order chi connectivity index (χ1) is 10.6. The zero-order valence-corrected chi connectivity index (χ0v) is 13.5. The molecule has 4 heteroatoms. The van der Waals surface area contributed by atoms with E-state index in [0.717, 1.165) is 41.8 Å². The van der Waals surface area contributed by atoms with Crippen molar-refractivity contribution in [3.8, 4) is 5.75 Å². The minimum atomic E-state index is 0.0122. The van der Waals surface area contributed by atoms with Crippen LogP contribution in [0.15, 0.2) is 22.6 Å². The number of likely N-dealkylation sites (tertiary alicyclic amines) is 1. The highest BCUT2D eigenvalue weighted by molar-refractivity contribution is 5.99. The molecule has 1 unspecified atom stereocenters. The number of amides is 1. The van der Waals surface area contributed by atoms with Crippen molar-refractivity contribution in [3.05, 3.63) is 29.5 Å². The van der Waals surface area contributed by atoms with Gasteiger partial charge in [0, 0.05) is 24.0 Å². The summed E-state index contributed by atoms with van der Waals surface area (Å²) in [4.78, 5) is 14.7. The first-order valence-corrected chi connectivity index (χ1v) is 8.05. The Morgan fingerprint density at radius 3 is 3.00 bits per heavy atom. The van der Waals surface area contributed by atoms with E-state index in [1.54, 1.807) is 0 Å². The van der Waals surface area contributed by atoms with Gasteiger partial charge in [0.2, 0.25) is 0 Å². The maximum atomic E-state index is 12.7. The molecule has 2 aromatic rings. The molecule has 1 aromatic heterocycles. The summed E-state index contributed by atoms with van der Waals surface area (Å²) in [6, 6.07) is 5.71. The van der Waals surface area contributed by atoms with Gasteiger partial charge in [-0.25, -0.2) is 0 Å². The Morgan fingerprint density at radius 2 is 2.27 bits per heavy atom. The van der Waals surface area contributed by atoms with Gasteiger partial charge in [-0.3, -0.25) is 4.79 Å². The van der Waals surface area contributed by atoms with Crippen LogP contribution in [0.5, 0.6) is 5.75 Å². The van der Waals surface area contributed by atoms with Gasteiger partial charge in [-0.1, -0.05) is 6.92 Å². The summed E-state index contributed by atoms with van der Waals surface area (Å²) >= 11 is 0. The molecular formula is C18H23NO3. The lowest BCUT2D eigenvalue weighted by atomic mass is 10.00. The van der Waals surface area contributed by atoms with Crippen molar-refractivity contribution in [2.24, 2.45) is 5.92 Å². The quantitative estimate of drug-likeness (QED) is 0.860. The van der Waals surface area contributed by atoms with Crippen LogP contribution in [-0.2, 0) is 0 Å². The standard InChI is InChI=1S/C18H23NO3/c1-4-21-14-7-8-16-15(10-14)13(3)17(22-16)18(20)19-9-5-6-12(2)11-19/h7-8,10,12H,4-6,9,11H2,1-3H3. The summed E-state index contributed by atoms with van der Waals surface area (Å²) in [7, 11) is 0. The van der Waals surface area contributed by atoms with Crippen LogP contribution in [-0.4, -0.2) is 30.5 Å². The predicted octanol–water partition coefficient (Wildman–Crippen LogP) is 4.01. The molecule has 0 aliphatic carbocycles. The molecule has 4 nitrogen and oxygen atoms in total. The number of carbonyl (C=O) groups is 1. The van der Waals surface area contributed by atoms with Gasteiger partial charge in [0.1, 0.15) is 11.3 Å². The van der Waals surface area contributed by atoms with Crippen molar-refractivity contribution in [3.63, 3.8) is 0 Å². The van der Waals surface area contributed by atoms with E-state index in [-0.39, 0.29) is 5.91 Å². The highest BCUT2D eigenvalue weighted by atomic mass is 16.5. The minimum absolute atomic E-state index is 0.0122. The average Bonchev–Trinajstić information content (AvgIpc) is 2.84. The molecule has 1 aromatic carbocycles. The fourth-order valence-corrected chi connectivity index (χ4v) is 3.18. The van der Waals surface area contributed by atoms with Crippen molar-refractivity contribution in [2.75, 3.05) is 19.7 Å². The molecule has 1 saturated heterocycles. The Labute approximate surface area is 131 Å². The van der Waals surface area contributed by atoms with Gasteiger partial charge < -0.3 is 14.1 Å². The van der Waals surface area contributed by atoms with Crippen molar-refractivity contribution in [1.82, 2.24) is 4.90 Å². The number of benzene rings is 1. The largest absolute Gasteiger partial charge is 0.494 e. The van der Waals surface area contributed by atoms with Crippen molar-refractivity contribution >= 4 is 16.9 Å². The van der Waals surface area contributed by atoms with Crippen LogP contribution in [0.2, 0.25) is 0 Å². The summed E-state index contributed by atoms with van der Waals surface area (Å²) < 4.78 is 11.4. The van der Waals surface area contributed by atoms with E-state index in [1.807, 2.05) is 36.9 Å². The number of nitrogens with zero attached hydrogens (tertiary/aromatic N) is 1. The number of furan rings is 1. The second-order valence-corrected chi connectivity index (χ2v) is 6.15. The molecule has 2 heterocycles. The van der Waals surface area contributed by atoms with Crippen LogP contribution in [0.3, 0.4) is 0 Å². The summed E-state index contributed by atoms with van der Waals surface area (Å²) in [5, 5.41) is 0.958. The number of rotatable bonds is 3. The van der Waals surface area contributed by atoms with Crippen LogP contribution < -0.4 is 4.74 Å². The lowest BCUT2D eigenvalue weighted by Gasteiger charge is -2.30. The zero-order chi connectivity index (χ0) is 15.7. The number of hydrogen-bond acceptors (Lipinski definition) is 3. The Hall–Kier alpha value is -1.97. The van der Waals surface area contributed by atoms with Gasteiger partial charge in [-0.05, 0) is 50.8 Å². The van der Waals surface area contributed by atoms with E-state index < -0.39 is 0 Å². The molecule has 3 rings (SSSR count). The molecule has 22 heavy (non-hydrogen) atoms. The second-order valence-electron chi connectivity index (χ2n) is 6.15. The first-order valence-electron chi connectivity index (χ1n) is 8.05. The number of aryl methyl sites for hydroxylation is 1. The smallest absolute Gasteiger partial charge is 0.289 e. The molecule has 0 radical (unpaired) electrons. The van der Waals surface area contributed by atoms with E-state index in [2.05, 4.69) is 6.92 Å². The van der Waals surface area contributed by atoms with Gasteiger partial charge in [-0.2, -0.15) is 0 Å². The maximum absolute atomic E-state index is 12.7. The number of hydrogen-bond donors (Lipinski definition) is 0. The SMILES string of the molecule is CCOc1ccc2oc(C(=O)N3CCCC(C)C3)c(C)c2c1. The fourth-order valence-electron chi connectivity index (χ4n) is 3.18. The van der Waals surface area contributed by atoms with E-state index in [0.29, 0.717) is 18.3 Å². The monoisotopic (exact) mass is 301 g/mol. The molecule has 0 bridgehead atoms. The van der Waals surface area contributed by atoms with Gasteiger partial charge in [0.15, 0.2) is 5.76 Å². The second kappa shape index (κ2) is 6.03. The Balaban J connectivity index is 1.93. The number of piperidine rings is 1. The molecule has 118 valence electrons. The van der Waals surface area contributed by atoms with Crippen LogP contribution in [0, 0.1) is 12.8 Å². The van der Waals surface area contributed by atoms with Crippen LogP contribution >= 0.6 is 0 Å². The minimum Gasteiger partial charge on any atom is -0.494 e. The molecular weight excluding hydrogens is 278 g/mol. The van der Waals surface area contributed by atoms with Gasteiger partial charge in [0.25, 0.3) is 5.91 Å². The highest BCUT2D eigenvalue weighted by Crippen LogP contribution is 2.30. The number of fused-ring (bicyclic) bond motifs is 1. The van der Waals surface area contributed by atoms with Crippen LogP contribution in [0.25, 0.3) is 11.0 Å². The Morgan fingerprint density at radius 1 is 1.45 bits per heavy atom. The van der Waals surface area contributed by atoms with E-state index in [4.69, 9.17) is 9.15 Å². The molecule has 1 aliphatic heterocycles. The zero-order valence-electron chi connectivity index (χ0n) is 13.5. The topological polar surface area (TPSA) is 42.7 Å². The lowest BCUT2D eigenvalue weighted by Crippen LogP contribution is -2.39. The molecule has 0 N–H and O–H groups in total. The summed E-state index contributed by atoms with van der Waals surface area (Å²) in [5.41, 5.74) is 1.65. The molecule has 1 fully saturated rings. The molecule has 1 amide bonds. The highest BCUT2D eigenvalue weighted by Gasteiger charge is 2.26. The third kappa shape index (κ3) is 2.70. The van der Waals surface area contributed by atoms with Crippen LogP contribution in [0.1, 0.15) is 42.8 Å². The van der Waals surface area contributed by atoms with Gasteiger partial charge >= 0.3 is 0 Å². The summed E-state index contributed by atoms with van der Waals surface area (Å²) in [5.74, 6) is 1.85. The average molecular weight is 301 g/mol. The number of ether oxygens (including phenoxy) is 1. The molecule has 1 atom stereocenters. The van der Waals surface area contributed by atoms with Crippen molar-refractivity contribution in [1.29, 1.82) is 0 Å². The summed E-state index contributed by atoms with van der Waals surface area (Å²) in [6.45, 7) is 8.36. The third-order valence-corrected chi connectivity index (χ3v) is 4.36. The maximum Gasteiger partial charge on any atom is 0.289 e. The summed E-state index contributed by atoms with van der Waals surface area (Å²) in [6.07, 6.45) is 2.27. The molecule has 0 spiro atoms. The van der Waals surface area contributed by atoms with Crippen molar-refractivity contribution in [2.45, 2.75) is 33.6 Å². The number of carbonyl (C=O) groups excluding carboxylic acids is 1. The molecule has 0 saturated carbocycles. The van der Waals surface area contributed by atoms with Crippen molar-refractivity contribution < 1.29 is 13.9 Å². The Bertz CT molecular complexity index is 689. The predicted molar refractivity (Wildman–Crippen MR) is 86.4 cm³/mol. The van der Waals surface area contributed by atoms with Gasteiger partial charge in [0.05, 0.1) is 6.61 Å². The van der Waals surface area contributed by atoms with E-state index >= 15 is 0 Å². The first kappa shape index (κ1) is 14.9. The van der Waals surface area contributed by atoms with E-state index in [9.17, 15) is 4.79 Å².